The van der Waals surface area contributed by atoms with Gasteiger partial charge in [0.1, 0.15) is 0 Å². The smallest absolute Gasteiger partial charge is 0.241 e. The fraction of sp³-hybridized carbons (Fsp3) is 0.938. The first-order valence-electron chi connectivity index (χ1n) is 8.20. The molecule has 116 valence electrons. The molecule has 0 aromatic heterocycles. The number of hydrogen-bond donors (Lipinski definition) is 1. The molecule has 0 radical (unpaired) electrons. The van der Waals surface area contributed by atoms with Crippen molar-refractivity contribution in [2.75, 3.05) is 6.61 Å². The van der Waals surface area contributed by atoms with Crippen LogP contribution in [-0.4, -0.2) is 41.3 Å². The Morgan fingerprint density at radius 2 is 2.15 bits per heavy atom. The number of carbonyl (C=O) groups excluding carboxylic acids is 1. The summed E-state index contributed by atoms with van der Waals surface area (Å²) in [5, 5.41) is 3.54. The molecule has 20 heavy (non-hydrogen) atoms. The van der Waals surface area contributed by atoms with Crippen LogP contribution in [0.15, 0.2) is 0 Å². The fourth-order valence-corrected chi connectivity index (χ4v) is 3.52. The van der Waals surface area contributed by atoms with Crippen LogP contribution in [0, 0.1) is 0 Å². The number of ether oxygens (including phenoxy) is 1. The van der Waals surface area contributed by atoms with Crippen LogP contribution in [0.5, 0.6) is 0 Å². The van der Waals surface area contributed by atoms with Crippen molar-refractivity contribution in [3.05, 3.63) is 0 Å². The topological polar surface area (TPSA) is 41.6 Å². The molecule has 2 heterocycles. The Bertz CT molecular complexity index is 343. The molecule has 2 aliphatic rings. The van der Waals surface area contributed by atoms with Crippen molar-refractivity contribution in [1.82, 2.24) is 10.2 Å². The first kappa shape index (κ1) is 15.8. The Kier molecular flexibility index (Phi) is 5.08. The summed E-state index contributed by atoms with van der Waals surface area (Å²) in [6, 6.07) is 0.362. The van der Waals surface area contributed by atoms with Gasteiger partial charge in [0.15, 0.2) is 0 Å². The Hall–Kier alpha value is -0.610. The van der Waals surface area contributed by atoms with Gasteiger partial charge in [-0.25, -0.2) is 0 Å². The van der Waals surface area contributed by atoms with Crippen LogP contribution >= 0.6 is 0 Å². The minimum absolute atomic E-state index is 0.0332. The molecule has 0 spiro atoms. The summed E-state index contributed by atoms with van der Waals surface area (Å²) in [5.41, 5.74) is -0.108. The van der Waals surface area contributed by atoms with E-state index in [4.69, 9.17) is 4.74 Å². The number of rotatable bonds is 5. The molecule has 0 aromatic carbocycles. The minimum atomic E-state index is -0.108. The SMILES string of the molecule is CCCCC1NC(CC)N(C2CCOC(C)(C)C2)C1=O. The standard InChI is InChI=1S/C16H30N2O2/c1-5-7-8-13-15(19)18(14(6-2)17-13)12-9-10-20-16(3,4)11-12/h12-14,17H,5-11H2,1-4H3. The maximum absolute atomic E-state index is 12.7. The molecule has 1 N–H and O–H groups in total. The van der Waals surface area contributed by atoms with Gasteiger partial charge in [0.2, 0.25) is 5.91 Å². The molecule has 0 aliphatic carbocycles. The van der Waals surface area contributed by atoms with Gasteiger partial charge in [-0.05, 0) is 39.5 Å². The number of nitrogens with zero attached hydrogens (tertiary/aromatic N) is 1. The third-order valence-corrected chi connectivity index (χ3v) is 4.58. The third-order valence-electron chi connectivity index (χ3n) is 4.58. The van der Waals surface area contributed by atoms with Gasteiger partial charge in [0.05, 0.1) is 17.8 Å². The zero-order chi connectivity index (χ0) is 14.8. The van der Waals surface area contributed by atoms with Crippen molar-refractivity contribution in [3.63, 3.8) is 0 Å². The monoisotopic (exact) mass is 282 g/mol. The van der Waals surface area contributed by atoms with E-state index < -0.39 is 0 Å². The number of hydrogen-bond acceptors (Lipinski definition) is 3. The van der Waals surface area contributed by atoms with Gasteiger partial charge in [-0.3, -0.25) is 10.1 Å². The summed E-state index contributed by atoms with van der Waals surface area (Å²) in [5.74, 6) is 0.313. The second-order valence-corrected chi connectivity index (χ2v) is 6.79. The van der Waals surface area contributed by atoms with Crippen LogP contribution in [0.3, 0.4) is 0 Å². The molecular weight excluding hydrogens is 252 g/mol. The lowest BCUT2D eigenvalue weighted by Crippen LogP contribution is -2.50. The van der Waals surface area contributed by atoms with Crippen LogP contribution in [-0.2, 0) is 9.53 Å². The normalized spacial score (nSPS) is 33.7. The predicted octanol–water partition coefficient (Wildman–Crippen LogP) is 2.67. The maximum Gasteiger partial charge on any atom is 0.241 e. The lowest BCUT2D eigenvalue weighted by atomic mass is 9.92. The van der Waals surface area contributed by atoms with Crippen LogP contribution in [0.2, 0.25) is 0 Å². The van der Waals surface area contributed by atoms with E-state index in [0.717, 1.165) is 45.1 Å². The van der Waals surface area contributed by atoms with Crippen molar-refractivity contribution in [3.8, 4) is 0 Å². The van der Waals surface area contributed by atoms with Gasteiger partial charge in [-0.15, -0.1) is 0 Å². The van der Waals surface area contributed by atoms with Gasteiger partial charge < -0.3 is 9.64 Å². The van der Waals surface area contributed by atoms with E-state index in [1.165, 1.54) is 0 Å². The predicted molar refractivity (Wildman–Crippen MR) is 80.4 cm³/mol. The third kappa shape index (κ3) is 3.34. The van der Waals surface area contributed by atoms with Gasteiger partial charge in [-0.2, -0.15) is 0 Å². The average Bonchev–Trinajstić information content (AvgIpc) is 2.71. The maximum atomic E-state index is 12.7. The molecule has 3 atom stereocenters. The lowest BCUT2D eigenvalue weighted by molar-refractivity contribution is -0.139. The van der Waals surface area contributed by atoms with Crippen molar-refractivity contribution in [1.29, 1.82) is 0 Å². The van der Waals surface area contributed by atoms with Crippen molar-refractivity contribution in [2.45, 2.75) is 90.1 Å². The van der Waals surface area contributed by atoms with E-state index >= 15 is 0 Å². The van der Waals surface area contributed by atoms with Gasteiger partial charge in [0.25, 0.3) is 0 Å². The van der Waals surface area contributed by atoms with E-state index in [0.29, 0.717) is 11.9 Å². The highest BCUT2D eigenvalue weighted by Gasteiger charge is 2.43. The Morgan fingerprint density at radius 1 is 1.40 bits per heavy atom. The Labute approximate surface area is 123 Å². The molecular formula is C16H30N2O2. The van der Waals surface area contributed by atoms with Crippen LogP contribution < -0.4 is 5.32 Å². The summed E-state index contributed by atoms with van der Waals surface area (Å²) in [4.78, 5) is 14.8. The van der Waals surface area contributed by atoms with Gasteiger partial charge in [0, 0.05) is 12.6 Å². The second-order valence-electron chi connectivity index (χ2n) is 6.79. The van der Waals surface area contributed by atoms with E-state index in [1.54, 1.807) is 0 Å². The first-order valence-corrected chi connectivity index (χ1v) is 8.20. The van der Waals surface area contributed by atoms with E-state index in [2.05, 4.69) is 37.9 Å². The molecule has 2 rings (SSSR count). The van der Waals surface area contributed by atoms with E-state index in [9.17, 15) is 4.79 Å². The van der Waals surface area contributed by atoms with Crippen molar-refractivity contribution >= 4 is 5.91 Å². The van der Waals surface area contributed by atoms with E-state index in [1.807, 2.05) is 0 Å². The van der Waals surface area contributed by atoms with Crippen molar-refractivity contribution in [2.24, 2.45) is 0 Å². The molecule has 2 saturated heterocycles. The van der Waals surface area contributed by atoms with E-state index in [-0.39, 0.29) is 17.8 Å². The summed E-state index contributed by atoms with van der Waals surface area (Å²) < 4.78 is 5.79. The average molecular weight is 282 g/mol. The summed E-state index contributed by atoms with van der Waals surface area (Å²) in [6.45, 7) is 9.35. The molecule has 2 aliphatic heterocycles. The van der Waals surface area contributed by atoms with Gasteiger partial charge in [-0.1, -0.05) is 26.7 Å². The molecule has 1 amide bonds. The summed E-state index contributed by atoms with van der Waals surface area (Å²) in [6.07, 6.45) is 6.33. The van der Waals surface area contributed by atoms with Crippen LogP contribution in [0.1, 0.15) is 66.2 Å². The van der Waals surface area contributed by atoms with Crippen LogP contribution in [0.4, 0.5) is 0 Å². The molecule has 0 bridgehead atoms. The lowest BCUT2D eigenvalue weighted by Gasteiger charge is -2.41. The number of amides is 1. The highest BCUT2D eigenvalue weighted by Crippen LogP contribution is 2.31. The molecule has 0 aromatic rings. The highest BCUT2D eigenvalue weighted by atomic mass is 16.5. The zero-order valence-electron chi connectivity index (χ0n) is 13.4. The Morgan fingerprint density at radius 3 is 2.75 bits per heavy atom. The number of carbonyl (C=O) groups is 1. The molecule has 3 unspecified atom stereocenters. The number of unbranched alkanes of at least 4 members (excludes halogenated alkanes) is 1. The zero-order valence-corrected chi connectivity index (χ0v) is 13.4. The molecule has 4 heteroatoms. The Balaban J connectivity index is 2.06. The first-order chi connectivity index (χ1) is 9.48. The number of nitrogens with one attached hydrogen (secondary N) is 1. The van der Waals surface area contributed by atoms with Crippen molar-refractivity contribution < 1.29 is 9.53 Å². The molecule has 2 fully saturated rings. The molecule has 4 nitrogen and oxygen atoms in total. The highest BCUT2D eigenvalue weighted by molar-refractivity contribution is 5.84. The quantitative estimate of drug-likeness (QED) is 0.843. The fourth-order valence-electron chi connectivity index (χ4n) is 3.52. The van der Waals surface area contributed by atoms with Gasteiger partial charge >= 0.3 is 0 Å². The minimum Gasteiger partial charge on any atom is -0.375 e. The van der Waals surface area contributed by atoms with Crippen LogP contribution in [0.25, 0.3) is 0 Å². The molecule has 0 saturated carbocycles. The summed E-state index contributed by atoms with van der Waals surface area (Å²) >= 11 is 0. The summed E-state index contributed by atoms with van der Waals surface area (Å²) in [7, 11) is 0. The second kappa shape index (κ2) is 6.44. The largest absolute Gasteiger partial charge is 0.375 e.